The van der Waals surface area contributed by atoms with Crippen LogP contribution in [-0.2, 0) is 0 Å². The predicted octanol–water partition coefficient (Wildman–Crippen LogP) is 2.51. The number of nitrogens with zero attached hydrogens (tertiary/aromatic N) is 1. The third kappa shape index (κ3) is 4.21. The molecule has 0 radical (unpaired) electrons. The van der Waals surface area contributed by atoms with Gasteiger partial charge < -0.3 is 28.5 Å². The van der Waals surface area contributed by atoms with Gasteiger partial charge in [0.05, 0.1) is 26.2 Å². The molecule has 2 aromatic rings. The summed E-state index contributed by atoms with van der Waals surface area (Å²) >= 11 is 0. The van der Waals surface area contributed by atoms with Crippen molar-refractivity contribution in [1.29, 1.82) is 0 Å². The fourth-order valence-electron chi connectivity index (χ4n) is 5.43. The monoisotopic (exact) mass is 483 g/mol. The van der Waals surface area contributed by atoms with E-state index in [9.17, 15) is 8.78 Å². The van der Waals surface area contributed by atoms with Crippen LogP contribution in [0.25, 0.3) is 0 Å². The summed E-state index contributed by atoms with van der Waals surface area (Å²) in [5, 5.41) is 0. The summed E-state index contributed by atoms with van der Waals surface area (Å²) in [6.07, 6.45) is 6.06. The van der Waals surface area contributed by atoms with E-state index in [-0.39, 0.29) is 41.5 Å². The van der Waals surface area contributed by atoms with E-state index in [0.717, 1.165) is 34.1 Å². The van der Waals surface area contributed by atoms with E-state index in [1.165, 1.54) is 37.8 Å². The number of quaternary nitrogens is 1. The SMILES string of the molecule is C[N+]1(C)[C@@H]2CC[C@H]1CC(CC(c1cccc(F)c1)c1cccc(F)c1)C2.[I-]. The van der Waals surface area contributed by atoms with Gasteiger partial charge in [0.2, 0.25) is 0 Å². The molecule has 2 aliphatic rings. The van der Waals surface area contributed by atoms with Crippen LogP contribution in [0.4, 0.5) is 8.78 Å². The molecule has 2 aliphatic heterocycles. The second-order valence-electron chi connectivity index (χ2n) is 8.75. The van der Waals surface area contributed by atoms with Crippen molar-refractivity contribution in [3.63, 3.8) is 0 Å². The van der Waals surface area contributed by atoms with Crippen molar-refractivity contribution in [2.75, 3.05) is 14.1 Å². The lowest BCUT2D eigenvalue weighted by Gasteiger charge is -2.45. The minimum absolute atomic E-state index is 0. The summed E-state index contributed by atoms with van der Waals surface area (Å²) in [4.78, 5) is 0. The maximum Gasteiger partial charge on any atom is 0.123 e. The van der Waals surface area contributed by atoms with Gasteiger partial charge in [-0.3, -0.25) is 0 Å². The van der Waals surface area contributed by atoms with Gasteiger partial charge in [0.25, 0.3) is 0 Å². The third-order valence-corrected chi connectivity index (χ3v) is 7.00. The number of halogens is 3. The highest BCUT2D eigenvalue weighted by molar-refractivity contribution is 5.33. The van der Waals surface area contributed by atoms with Gasteiger partial charge in [-0.1, -0.05) is 24.3 Å². The first-order valence-electron chi connectivity index (χ1n) is 9.77. The van der Waals surface area contributed by atoms with Crippen LogP contribution in [0, 0.1) is 17.6 Å². The zero-order valence-electron chi connectivity index (χ0n) is 16.0. The summed E-state index contributed by atoms with van der Waals surface area (Å²) < 4.78 is 28.9. The molecule has 2 fully saturated rings. The van der Waals surface area contributed by atoms with E-state index < -0.39 is 0 Å². The smallest absolute Gasteiger partial charge is 0.123 e. The summed E-state index contributed by atoms with van der Waals surface area (Å²) in [5.74, 6) is 0.241. The van der Waals surface area contributed by atoms with Gasteiger partial charge in [-0.05, 0) is 47.7 Å². The number of piperidine rings is 1. The number of benzene rings is 2. The van der Waals surface area contributed by atoms with E-state index in [4.69, 9.17) is 0 Å². The van der Waals surface area contributed by atoms with Gasteiger partial charge in [0.1, 0.15) is 11.6 Å². The van der Waals surface area contributed by atoms with Crippen LogP contribution >= 0.6 is 0 Å². The van der Waals surface area contributed by atoms with E-state index in [1.807, 2.05) is 12.1 Å². The summed E-state index contributed by atoms with van der Waals surface area (Å²) in [6.45, 7) is 0. The summed E-state index contributed by atoms with van der Waals surface area (Å²) in [6, 6.07) is 15.2. The number of hydrogen-bond donors (Lipinski definition) is 0. The summed E-state index contributed by atoms with van der Waals surface area (Å²) in [7, 11) is 4.74. The highest BCUT2D eigenvalue weighted by atomic mass is 127. The van der Waals surface area contributed by atoms with Crippen molar-refractivity contribution in [3.8, 4) is 0 Å². The fraction of sp³-hybridized carbons (Fsp3) is 0.478. The Labute approximate surface area is 178 Å². The molecule has 27 heavy (non-hydrogen) atoms. The Hall–Kier alpha value is -1.01. The van der Waals surface area contributed by atoms with Gasteiger partial charge in [-0.25, -0.2) is 8.78 Å². The average molecular weight is 483 g/mol. The average Bonchev–Trinajstić information content (AvgIpc) is 2.77. The van der Waals surface area contributed by atoms with Crippen molar-refractivity contribution < 1.29 is 37.2 Å². The lowest BCUT2D eigenvalue weighted by atomic mass is 9.78. The molecule has 4 rings (SSSR count). The number of fused-ring (bicyclic) bond motifs is 2. The van der Waals surface area contributed by atoms with Gasteiger partial charge in [0, 0.05) is 31.6 Å². The Morgan fingerprint density at radius 2 is 1.37 bits per heavy atom. The quantitative estimate of drug-likeness (QED) is 0.464. The Morgan fingerprint density at radius 1 is 0.889 bits per heavy atom. The lowest BCUT2D eigenvalue weighted by molar-refractivity contribution is -0.931. The van der Waals surface area contributed by atoms with Crippen LogP contribution in [0.1, 0.15) is 49.1 Å². The van der Waals surface area contributed by atoms with Crippen LogP contribution in [0.2, 0.25) is 0 Å². The first kappa shape index (κ1) is 20.7. The standard InChI is InChI=1S/C23H28F2N.HI/c1-26(2)21-9-10-22(26)12-16(11-21)13-23(17-5-3-7-19(24)14-17)18-6-4-8-20(25)15-18;/h3-8,14-16,21-23H,9-13H2,1-2H3;1H/q+1;/p-1/t16?,21-,22+;. The number of rotatable bonds is 4. The maximum absolute atomic E-state index is 13.9. The highest BCUT2D eigenvalue weighted by Gasteiger charge is 2.49. The first-order chi connectivity index (χ1) is 12.4. The largest absolute Gasteiger partial charge is 1.00 e. The molecule has 1 nitrogen and oxygen atoms in total. The Balaban J connectivity index is 0.00000210. The molecule has 1 unspecified atom stereocenters. The van der Waals surface area contributed by atoms with Crippen molar-refractivity contribution in [3.05, 3.63) is 71.3 Å². The zero-order chi connectivity index (χ0) is 18.3. The van der Waals surface area contributed by atoms with Crippen molar-refractivity contribution in [2.45, 2.75) is 50.1 Å². The molecular formula is C23H28F2IN. The molecule has 2 aromatic carbocycles. The van der Waals surface area contributed by atoms with Crippen LogP contribution in [0.5, 0.6) is 0 Å². The maximum atomic E-state index is 13.9. The zero-order valence-corrected chi connectivity index (χ0v) is 18.2. The molecule has 0 saturated carbocycles. The van der Waals surface area contributed by atoms with E-state index in [0.29, 0.717) is 5.92 Å². The molecule has 4 heteroatoms. The van der Waals surface area contributed by atoms with Crippen molar-refractivity contribution in [2.24, 2.45) is 5.92 Å². The Bertz CT molecular complexity index is 730. The van der Waals surface area contributed by atoms with Gasteiger partial charge in [0.15, 0.2) is 0 Å². The Kier molecular flexibility index (Phi) is 6.26. The van der Waals surface area contributed by atoms with E-state index in [2.05, 4.69) is 14.1 Å². The Morgan fingerprint density at radius 3 is 1.81 bits per heavy atom. The van der Waals surface area contributed by atoms with Crippen LogP contribution < -0.4 is 24.0 Å². The van der Waals surface area contributed by atoms with E-state index in [1.54, 1.807) is 24.3 Å². The normalized spacial score (nSPS) is 26.0. The molecule has 0 aliphatic carbocycles. The van der Waals surface area contributed by atoms with E-state index >= 15 is 0 Å². The van der Waals surface area contributed by atoms with Crippen LogP contribution in [-0.4, -0.2) is 30.7 Å². The number of hydrogen-bond acceptors (Lipinski definition) is 0. The van der Waals surface area contributed by atoms with Crippen molar-refractivity contribution in [1.82, 2.24) is 0 Å². The molecule has 2 bridgehead atoms. The third-order valence-electron chi connectivity index (χ3n) is 7.00. The minimum Gasteiger partial charge on any atom is -1.00 e. The van der Waals surface area contributed by atoms with Crippen molar-refractivity contribution >= 4 is 0 Å². The second kappa shape index (κ2) is 8.16. The summed E-state index contributed by atoms with van der Waals surface area (Å²) in [5.41, 5.74) is 1.92. The molecular weight excluding hydrogens is 455 g/mol. The van der Waals surface area contributed by atoms with Crippen LogP contribution in [0.15, 0.2) is 48.5 Å². The topological polar surface area (TPSA) is 0 Å². The fourth-order valence-corrected chi connectivity index (χ4v) is 5.43. The van der Waals surface area contributed by atoms with Gasteiger partial charge in [-0.2, -0.15) is 0 Å². The molecule has 0 aromatic heterocycles. The predicted molar refractivity (Wildman–Crippen MR) is 101 cm³/mol. The van der Waals surface area contributed by atoms with Crippen LogP contribution in [0.3, 0.4) is 0 Å². The lowest BCUT2D eigenvalue weighted by Crippen LogP contribution is -3.00. The van der Waals surface area contributed by atoms with Gasteiger partial charge in [-0.15, -0.1) is 0 Å². The minimum atomic E-state index is -0.217. The van der Waals surface area contributed by atoms with Gasteiger partial charge >= 0.3 is 0 Å². The molecule has 3 atom stereocenters. The molecule has 146 valence electrons. The first-order valence-corrected chi connectivity index (χ1v) is 9.77. The molecule has 2 saturated heterocycles. The molecule has 2 heterocycles. The molecule has 0 N–H and O–H groups in total. The second-order valence-corrected chi connectivity index (χ2v) is 8.75. The highest BCUT2D eigenvalue weighted by Crippen LogP contribution is 2.46. The molecule has 0 amide bonds. The molecule has 0 spiro atoms.